The van der Waals surface area contributed by atoms with Crippen LogP contribution in [0.15, 0.2) is 5.16 Å². The molecule has 0 aromatic rings. The number of urea groups is 1. The Morgan fingerprint density at radius 3 is 2.69 bits per heavy atom. The van der Waals surface area contributed by atoms with E-state index in [0.29, 0.717) is 5.23 Å². The molecule has 0 aliphatic carbocycles. The van der Waals surface area contributed by atoms with E-state index >= 15 is 0 Å². The van der Waals surface area contributed by atoms with E-state index in [0.717, 1.165) is 0 Å². The molecule has 13 heavy (non-hydrogen) atoms. The highest BCUT2D eigenvalue weighted by Crippen LogP contribution is 2.63. The van der Waals surface area contributed by atoms with Crippen molar-refractivity contribution in [3.05, 3.63) is 0 Å². The molecule has 0 radical (unpaired) electrons. The van der Waals surface area contributed by atoms with Crippen LogP contribution >= 0.6 is 7.82 Å². The number of carbonyl (C=O) groups excluding carboxylic acids is 1. The molecule has 2 amide bonds. The summed E-state index contributed by atoms with van der Waals surface area (Å²) >= 11 is 0. The Labute approximate surface area is 70.5 Å². The molecule has 10 nitrogen and oxygen atoms in total. The van der Waals surface area contributed by atoms with Gasteiger partial charge in [0.25, 0.3) is 5.96 Å². The van der Waals surface area contributed by atoms with E-state index in [1.165, 1.54) is 0 Å². The van der Waals surface area contributed by atoms with Crippen molar-refractivity contribution in [3.8, 4) is 0 Å². The molecule has 0 atom stereocenters. The highest BCUT2D eigenvalue weighted by atomic mass is 31.2. The lowest BCUT2D eigenvalue weighted by atomic mass is 10.9. The maximum absolute atomic E-state index is 11.0. The maximum atomic E-state index is 11.0. The van der Waals surface area contributed by atoms with Crippen molar-refractivity contribution in [2.45, 2.75) is 0 Å². The SMILES string of the molecule is N/C(=N\O)N1OP2(=O)ON(O2)C1=O. The molecular formula is C2H3N4O6P. The summed E-state index contributed by atoms with van der Waals surface area (Å²) in [5.74, 6) is -0.679. The molecule has 3 fully saturated rings. The Bertz CT molecular complexity index is 330. The van der Waals surface area contributed by atoms with Gasteiger partial charge in [-0.1, -0.05) is 0 Å². The van der Waals surface area contributed by atoms with Crippen molar-refractivity contribution < 1.29 is 28.4 Å². The number of hydrogen-bond acceptors (Lipinski definition) is 7. The zero-order valence-electron chi connectivity index (χ0n) is 5.85. The third-order valence-corrected chi connectivity index (χ3v) is 2.23. The quantitative estimate of drug-likeness (QED) is 0.178. The molecule has 2 bridgehead atoms. The average molecular weight is 210 g/mol. The molecule has 0 unspecified atom stereocenters. The Balaban J connectivity index is 2.23. The van der Waals surface area contributed by atoms with E-state index < -0.39 is 19.8 Å². The second-order valence-electron chi connectivity index (χ2n) is 1.98. The lowest BCUT2D eigenvalue weighted by molar-refractivity contribution is -0.353. The second kappa shape index (κ2) is 2.33. The van der Waals surface area contributed by atoms with Crippen LogP contribution in [0.2, 0.25) is 0 Å². The Morgan fingerprint density at radius 2 is 2.15 bits per heavy atom. The molecule has 0 aromatic carbocycles. The van der Waals surface area contributed by atoms with Gasteiger partial charge >= 0.3 is 13.9 Å². The van der Waals surface area contributed by atoms with Gasteiger partial charge in [-0.2, -0.15) is 4.62 Å². The molecule has 3 heterocycles. The van der Waals surface area contributed by atoms with Crippen molar-refractivity contribution in [2.75, 3.05) is 0 Å². The number of amides is 2. The van der Waals surface area contributed by atoms with Gasteiger partial charge < -0.3 is 10.9 Å². The molecule has 3 rings (SSSR count). The van der Waals surface area contributed by atoms with Gasteiger partial charge in [0, 0.05) is 0 Å². The van der Waals surface area contributed by atoms with Crippen molar-refractivity contribution in [2.24, 2.45) is 10.9 Å². The van der Waals surface area contributed by atoms with Crippen LogP contribution in [-0.2, 0) is 18.4 Å². The number of nitrogens with zero attached hydrogens (tertiary/aromatic N) is 3. The lowest BCUT2D eigenvalue weighted by Gasteiger charge is -2.41. The second-order valence-corrected chi connectivity index (χ2v) is 3.37. The summed E-state index contributed by atoms with van der Waals surface area (Å²) in [6, 6.07) is -1.01. The fourth-order valence-electron chi connectivity index (χ4n) is 0.677. The minimum absolute atomic E-state index is 0.285. The standard InChI is InChI=1S/C2H3N4O6P/c3-1(4-8)5-2(7)6-11-13(9,10-5)12-6/h8H,(H2,3,4). The van der Waals surface area contributed by atoms with E-state index in [1.807, 2.05) is 0 Å². The summed E-state index contributed by atoms with van der Waals surface area (Å²) in [6.45, 7) is 0. The molecule has 3 aliphatic rings. The number of fused-ring (bicyclic) bond motifs is 2. The highest BCUT2D eigenvalue weighted by molar-refractivity contribution is 7.49. The number of phosphoric acid groups is 1. The maximum Gasteiger partial charge on any atom is 0.544 e. The summed E-state index contributed by atoms with van der Waals surface area (Å²) in [6.07, 6.45) is 0. The normalized spacial score (nSPS) is 25.8. The largest absolute Gasteiger partial charge is 0.544 e. The molecular weight excluding hydrogens is 207 g/mol. The predicted octanol–water partition coefficient (Wildman–Crippen LogP) is -0.656. The van der Waals surface area contributed by atoms with E-state index in [9.17, 15) is 9.36 Å². The van der Waals surface area contributed by atoms with Gasteiger partial charge in [0.2, 0.25) is 0 Å². The number of hydroxylamine groups is 4. The minimum Gasteiger partial charge on any atom is -0.408 e. The molecule has 72 valence electrons. The fourth-order valence-corrected chi connectivity index (χ4v) is 1.61. The first kappa shape index (κ1) is 8.26. The first-order valence-corrected chi connectivity index (χ1v) is 4.33. The molecule has 0 aromatic heterocycles. The van der Waals surface area contributed by atoms with E-state index in [4.69, 9.17) is 10.9 Å². The number of rotatable bonds is 0. The zero-order valence-corrected chi connectivity index (χ0v) is 6.75. The van der Waals surface area contributed by atoms with Gasteiger partial charge in [0.15, 0.2) is 0 Å². The molecule has 3 saturated heterocycles. The number of nitrogens with two attached hydrogens (primary N) is 1. The van der Waals surface area contributed by atoms with Gasteiger partial charge in [-0.25, -0.2) is 9.36 Å². The van der Waals surface area contributed by atoms with Crippen LogP contribution in [-0.4, -0.2) is 27.5 Å². The van der Waals surface area contributed by atoms with E-state index in [1.54, 1.807) is 0 Å². The van der Waals surface area contributed by atoms with Gasteiger partial charge in [-0.15, -0.1) is 14.3 Å². The number of carbonyl (C=O) groups is 1. The molecule has 11 heteroatoms. The number of oxime groups is 1. The van der Waals surface area contributed by atoms with Crippen LogP contribution in [0.3, 0.4) is 0 Å². The first-order chi connectivity index (χ1) is 6.06. The molecule has 0 spiro atoms. The Hall–Kier alpha value is -1.35. The lowest BCUT2D eigenvalue weighted by Crippen LogP contribution is -2.57. The minimum atomic E-state index is -3.74. The highest BCUT2D eigenvalue weighted by Gasteiger charge is 2.59. The predicted molar refractivity (Wildman–Crippen MR) is 33.3 cm³/mol. The van der Waals surface area contributed by atoms with Crippen molar-refractivity contribution >= 4 is 19.8 Å². The van der Waals surface area contributed by atoms with Crippen LogP contribution in [0.25, 0.3) is 0 Å². The Kier molecular flexibility index (Phi) is 1.48. The Morgan fingerprint density at radius 1 is 1.54 bits per heavy atom. The van der Waals surface area contributed by atoms with E-state index in [2.05, 4.69) is 19.0 Å². The van der Waals surface area contributed by atoms with Crippen LogP contribution in [0.4, 0.5) is 4.79 Å². The van der Waals surface area contributed by atoms with Gasteiger partial charge in [0.05, 0.1) is 0 Å². The van der Waals surface area contributed by atoms with Gasteiger partial charge in [-0.05, 0) is 10.4 Å². The number of guanidine groups is 1. The molecule has 0 saturated carbocycles. The van der Waals surface area contributed by atoms with E-state index in [-0.39, 0.29) is 5.06 Å². The zero-order chi connectivity index (χ0) is 9.64. The number of hydrogen-bond donors (Lipinski definition) is 2. The summed E-state index contributed by atoms with van der Waals surface area (Å²) in [4.78, 5) is 11.0. The molecule has 3 N–H and O–H groups in total. The van der Waals surface area contributed by atoms with Crippen LogP contribution < -0.4 is 5.73 Å². The fraction of sp³-hybridized carbons (Fsp3) is 0. The summed E-state index contributed by atoms with van der Waals surface area (Å²) in [5.41, 5.74) is 5.00. The summed E-state index contributed by atoms with van der Waals surface area (Å²) < 4.78 is 23.8. The third kappa shape index (κ3) is 1.04. The van der Waals surface area contributed by atoms with Crippen LogP contribution in [0.1, 0.15) is 0 Å². The van der Waals surface area contributed by atoms with Crippen LogP contribution in [0, 0.1) is 0 Å². The smallest absolute Gasteiger partial charge is 0.408 e. The van der Waals surface area contributed by atoms with Crippen LogP contribution in [0.5, 0.6) is 0 Å². The summed E-state index contributed by atoms with van der Waals surface area (Å²) in [5, 5.41) is 11.2. The van der Waals surface area contributed by atoms with Gasteiger partial charge in [-0.3, -0.25) is 0 Å². The third-order valence-electron chi connectivity index (χ3n) is 1.17. The summed E-state index contributed by atoms with van der Waals surface area (Å²) in [7, 11) is -3.74. The van der Waals surface area contributed by atoms with Crippen molar-refractivity contribution in [1.82, 2.24) is 10.3 Å². The average Bonchev–Trinajstić information content (AvgIpc) is 2.06. The van der Waals surface area contributed by atoms with Gasteiger partial charge in [0.1, 0.15) is 0 Å². The van der Waals surface area contributed by atoms with Crippen molar-refractivity contribution in [1.29, 1.82) is 0 Å². The first-order valence-electron chi connectivity index (χ1n) is 2.87. The molecule has 3 aliphatic heterocycles. The monoisotopic (exact) mass is 210 g/mol. The van der Waals surface area contributed by atoms with Crippen molar-refractivity contribution in [3.63, 3.8) is 0 Å². The topological polar surface area (TPSA) is 127 Å².